The van der Waals surface area contributed by atoms with E-state index >= 15 is 0 Å². The highest BCUT2D eigenvalue weighted by atomic mass is 16.5. The van der Waals surface area contributed by atoms with Gasteiger partial charge in [-0.1, -0.05) is 24.6 Å². The average Bonchev–Trinajstić information content (AvgIpc) is 2.44. The van der Waals surface area contributed by atoms with Crippen LogP contribution in [-0.2, 0) is 6.42 Å². The van der Waals surface area contributed by atoms with Crippen molar-refractivity contribution in [2.75, 3.05) is 0 Å². The van der Waals surface area contributed by atoms with E-state index < -0.39 is 0 Å². The van der Waals surface area contributed by atoms with E-state index in [1.165, 1.54) is 5.56 Å². The number of hydrogen-bond donors (Lipinski definition) is 1. The van der Waals surface area contributed by atoms with E-state index in [1.807, 2.05) is 37.4 Å². The Morgan fingerprint density at radius 1 is 1.20 bits per heavy atom. The summed E-state index contributed by atoms with van der Waals surface area (Å²) in [6.45, 7) is 6.16. The Morgan fingerprint density at radius 3 is 2.50 bits per heavy atom. The van der Waals surface area contributed by atoms with E-state index in [0.717, 1.165) is 29.7 Å². The molecule has 20 heavy (non-hydrogen) atoms. The lowest BCUT2D eigenvalue weighted by Crippen LogP contribution is -2.21. The van der Waals surface area contributed by atoms with Crippen molar-refractivity contribution in [3.05, 3.63) is 53.2 Å². The molecule has 106 valence electrons. The maximum atomic E-state index is 5.97. The van der Waals surface area contributed by atoms with Gasteiger partial charge in [0.15, 0.2) is 0 Å². The first-order chi connectivity index (χ1) is 9.58. The topological polar surface area (TPSA) is 48.1 Å². The van der Waals surface area contributed by atoms with Crippen LogP contribution in [0.2, 0.25) is 0 Å². The number of aromatic nitrogens is 1. The fourth-order valence-corrected chi connectivity index (χ4v) is 2.00. The van der Waals surface area contributed by atoms with E-state index in [4.69, 9.17) is 10.5 Å². The van der Waals surface area contributed by atoms with Crippen molar-refractivity contribution in [3.63, 3.8) is 0 Å². The van der Waals surface area contributed by atoms with Crippen LogP contribution in [0, 0.1) is 13.8 Å². The summed E-state index contributed by atoms with van der Waals surface area (Å²) < 4.78 is 5.81. The number of pyridine rings is 1. The van der Waals surface area contributed by atoms with Crippen LogP contribution < -0.4 is 10.5 Å². The minimum Gasteiger partial charge on any atom is -0.439 e. The smallest absolute Gasteiger partial charge is 0.222 e. The van der Waals surface area contributed by atoms with Gasteiger partial charge in [-0.2, -0.15) is 0 Å². The van der Waals surface area contributed by atoms with Gasteiger partial charge in [0.05, 0.1) is 0 Å². The van der Waals surface area contributed by atoms with Crippen LogP contribution in [0.4, 0.5) is 0 Å². The van der Waals surface area contributed by atoms with Crippen LogP contribution in [0.15, 0.2) is 36.5 Å². The number of rotatable bonds is 5. The van der Waals surface area contributed by atoms with E-state index in [2.05, 4.69) is 24.9 Å². The van der Waals surface area contributed by atoms with E-state index in [0.29, 0.717) is 5.88 Å². The zero-order valence-corrected chi connectivity index (χ0v) is 12.4. The fraction of sp³-hybridized carbons (Fsp3) is 0.353. The van der Waals surface area contributed by atoms with Gasteiger partial charge in [-0.25, -0.2) is 4.98 Å². The van der Waals surface area contributed by atoms with Gasteiger partial charge in [-0.15, -0.1) is 0 Å². The van der Waals surface area contributed by atoms with Crippen molar-refractivity contribution < 1.29 is 4.74 Å². The Morgan fingerprint density at radius 2 is 1.90 bits per heavy atom. The molecule has 3 nitrogen and oxygen atoms in total. The minimum absolute atomic E-state index is 0.195. The van der Waals surface area contributed by atoms with Gasteiger partial charge in [0.1, 0.15) is 5.75 Å². The summed E-state index contributed by atoms with van der Waals surface area (Å²) in [6.07, 6.45) is 3.68. The Labute approximate surface area is 120 Å². The van der Waals surface area contributed by atoms with Crippen molar-refractivity contribution in [3.8, 4) is 11.6 Å². The van der Waals surface area contributed by atoms with Gasteiger partial charge in [-0.3, -0.25) is 0 Å². The molecule has 0 spiro atoms. The van der Waals surface area contributed by atoms with E-state index in [9.17, 15) is 0 Å². The quantitative estimate of drug-likeness (QED) is 0.899. The summed E-state index contributed by atoms with van der Waals surface area (Å²) in [6, 6.07) is 10.3. The molecule has 0 aliphatic heterocycles. The lowest BCUT2D eigenvalue weighted by atomic mass is 10.1. The van der Waals surface area contributed by atoms with Crippen LogP contribution in [0.5, 0.6) is 11.6 Å². The van der Waals surface area contributed by atoms with Crippen LogP contribution >= 0.6 is 0 Å². The van der Waals surface area contributed by atoms with Crippen molar-refractivity contribution >= 4 is 0 Å². The normalized spacial score (nSPS) is 12.2. The van der Waals surface area contributed by atoms with E-state index in [1.54, 1.807) is 0 Å². The highest BCUT2D eigenvalue weighted by molar-refractivity contribution is 5.34. The Balaban J connectivity index is 2.11. The number of aryl methyl sites for hydroxylation is 2. The zero-order chi connectivity index (χ0) is 14.5. The monoisotopic (exact) mass is 270 g/mol. The SMILES string of the molecule is CCC(N)Cc1cnc(Oc2ccc(C)cc2)c(C)c1. The summed E-state index contributed by atoms with van der Waals surface area (Å²) >= 11 is 0. The molecule has 0 fully saturated rings. The molecule has 0 amide bonds. The second kappa shape index (κ2) is 6.53. The number of benzene rings is 1. The highest BCUT2D eigenvalue weighted by Gasteiger charge is 2.07. The molecule has 0 saturated heterocycles. The van der Waals surface area contributed by atoms with Gasteiger partial charge in [-0.05, 0) is 50.5 Å². The molecule has 3 heteroatoms. The largest absolute Gasteiger partial charge is 0.439 e. The third kappa shape index (κ3) is 3.81. The third-order valence-electron chi connectivity index (χ3n) is 3.34. The summed E-state index contributed by atoms with van der Waals surface area (Å²) in [7, 11) is 0. The van der Waals surface area contributed by atoms with Crippen molar-refractivity contribution in [2.24, 2.45) is 5.73 Å². The molecule has 2 rings (SSSR count). The minimum atomic E-state index is 0.195. The lowest BCUT2D eigenvalue weighted by Gasteiger charge is -2.11. The molecule has 2 N–H and O–H groups in total. The molecule has 1 atom stereocenters. The molecule has 1 aromatic heterocycles. The van der Waals surface area contributed by atoms with E-state index in [-0.39, 0.29) is 6.04 Å². The summed E-state index contributed by atoms with van der Waals surface area (Å²) in [5, 5.41) is 0. The van der Waals surface area contributed by atoms with Crippen LogP contribution in [-0.4, -0.2) is 11.0 Å². The summed E-state index contributed by atoms with van der Waals surface area (Å²) in [4.78, 5) is 4.41. The fourth-order valence-electron chi connectivity index (χ4n) is 2.00. The van der Waals surface area contributed by atoms with Crippen LogP contribution in [0.25, 0.3) is 0 Å². The van der Waals surface area contributed by atoms with Crippen LogP contribution in [0.3, 0.4) is 0 Å². The first-order valence-electron chi connectivity index (χ1n) is 7.04. The van der Waals surface area contributed by atoms with Gasteiger partial charge < -0.3 is 10.5 Å². The lowest BCUT2D eigenvalue weighted by molar-refractivity contribution is 0.458. The second-order valence-electron chi connectivity index (χ2n) is 5.25. The molecule has 1 heterocycles. The van der Waals surface area contributed by atoms with Crippen molar-refractivity contribution in [1.82, 2.24) is 4.98 Å². The molecule has 0 aliphatic carbocycles. The number of hydrogen-bond acceptors (Lipinski definition) is 3. The summed E-state index contributed by atoms with van der Waals surface area (Å²) in [5.74, 6) is 1.46. The Kier molecular flexibility index (Phi) is 4.74. The average molecular weight is 270 g/mol. The van der Waals surface area contributed by atoms with Gasteiger partial charge in [0, 0.05) is 17.8 Å². The first kappa shape index (κ1) is 14.5. The molecule has 0 radical (unpaired) electrons. The molecule has 2 aromatic rings. The molecule has 1 aromatic carbocycles. The van der Waals surface area contributed by atoms with Crippen LogP contribution in [0.1, 0.15) is 30.0 Å². The van der Waals surface area contributed by atoms with Gasteiger partial charge in [0.25, 0.3) is 0 Å². The maximum absolute atomic E-state index is 5.97. The maximum Gasteiger partial charge on any atom is 0.222 e. The number of ether oxygens (including phenoxy) is 1. The van der Waals surface area contributed by atoms with Gasteiger partial charge in [0.2, 0.25) is 5.88 Å². The van der Waals surface area contributed by atoms with Crippen molar-refractivity contribution in [2.45, 2.75) is 39.7 Å². The first-order valence-corrected chi connectivity index (χ1v) is 7.04. The second-order valence-corrected chi connectivity index (χ2v) is 5.25. The zero-order valence-electron chi connectivity index (χ0n) is 12.4. The Bertz CT molecular complexity index is 564. The number of nitrogens with zero attached hydrogens (tertiary/aromatic N) is 1. The molecule has 0 bridgehead atoms. The van der Waals surface area contributed by atoms with Gasteiger partial charge >= 0.3 is 0 Å². The molecule has 1 unspecified atom stereocenters. The third-order valence-corrected chi connectivity index (χ3v) is 3.34. The molecular formula is C17H22N2O. The summed E-state index contributed by atoms with van der Waals surface area (Å²) in [5.41, 5.74) is 9.38. The predicted octanol–water partition coefficient (Wildman–Crippen LogP) is 3.77. The standard InChI is InChI=1S/C17H22N2O/c1-4-15(18)10-14-9-13(3)17(19-11-14)20-16-7-5-12(2)6-8-16/h5-9,11,15H,4,10,18H2,1-3H3. The highest BCUT2D eigenvalue weighted by Crippen LogP contribution is 2.23. The molecule has 0 saturated carbocycles. The predicted molar refractivity (Wildman–Crippen MR) is 82.2 cm³/mol. The Hall–Kier alpha value is -1.87. The molecule has 0 aliphatic rings. The molecular weight excluding hydrogens is 248 g/mol. The number of nitrogens with two attached hydrogens (primary N) is 1. The van der Waals surface area contributed by atoms with Crippen molar-refractivity contribution in [1.29, 1.82) is 0 Å².